The van der Waals surface area contributed by atoms with Crippen LogP contribution in [-0.2, 0) is 0 Å². The summed E-state index contributed by atoms with van der Waals surface area (Å²) in [6.07, 6.45) is 3.84. The lowest BCUT2D eigenvalue weighted by Crippen LogP contribution is -2.17. The van der Waals surface area contributed by atoms with Crippen molar-refractivity contribution in [3.63, 3.8) is 0 Å². The molecule has 0 atom stereocenters. The molecule has 1 saturated heterocycles. The van der Waals surface area contributed by atoms with Crippen LogP contribution in [0.1, 0.15) is 29.0 Å². The Morgan fingerprint density at radius 1 is 1.40 bits per heavy atom. The van der Waals surface area contributed by atoms with Crippen LogP contribution in [0.5, 0.6) is 5.75 Å². The van der Waals surface area contributed by atoms with Crippen LogP contribution in [0.15, 0.2) is 38.3 Å². The Bertz CT molecular complexity index is 800. The van der Waals surface area contributed by atoms with E-state index >= 15 is 0 Å². The van der Waals surface area contributed by atoms with E-state index in [9.17, 15) is 4.79 Å². The summed E-state index contributed by atoms with van der Waals surface area (Å²) in [4.78, 5) is 14.4. The van der Waals surface area contributed by atoms with Crippen LogP contribution in [0, 0.1) is 3.57 Å². The fourth-order valence-electron chi connectivity index (χ4n) is 2.60. The van der Waals surface area contributed by atoms with Gasteiger partial charge in [-0.2, -0.15) is 5.10 Å². The molecule has 3 rings (SSSR count). The van der Waals surface area contributed by atoms with Gasteiger partial charge in [0.25, 0.3) is 5.91 Å². The number of hydrogen-bond donors (Lipinski definition) is 1. The number of nitrogens with one attached hydrogen (secondary N) is 1. The predicted octanol–water partition coefficient (Wildman–Crippen LogP) is 4.02. The SMILES string of the molecule is COc1cc(C(=O)N/N=C/c2cc(Br)c(N3CCCC3)o2)ccc1I. The molecular weight excluding hydrogens is 501 g/mol. The zero-order valence-electron chi connectivity index (χ0n) is 13.6. The highest BCUT2D eigenvalue weighted by Crippen LogP contribution is 2.31. The van der Waals surface area contributed by atoms with Crippen molar-refractivity contribution < 1.29 is 13.9 Å². The first-order valence-electron chi connectivity index (χ1n) is 7.79. The molecule has 132 valence electrons. The monoisotopic (exact) mass is 517 g/mol. The molecule has 1 fully saturated rings. The van der Waals surface area contributed by atoms with E-state index in [4.69, 9.17) is 9.15 Å². The van der Waals surface area contributed by atoms with Gasteiger partial charge in [-0.3, -0.25) is 4.79 Å². The Morgan fingerprint density at radius 2 is 2.16 bits per heavy atom. The number of benzene rings is 1. The van der Waals surface area contributed by atoms with Crippen molar-refractivity contribution in [3.05, 3.63) is 43.6 Å². The zero-order valence-corrected chi connectivity index (χ0v) is 17.3. The molecular formula is C17H17BrIN3O3. The molecule has 2 heterocycles. The lowest BCUT2D eigenvalue weighted by molar-refractivity contribution is 0.0954. The number of halogens is 2. The molecule has 1 aromatic heterocycles. The van der Waals surface area contributed by atoms with Crippen molar-refractivity contribution in [1.82, 2.24) is 5.43 Å². The summed E-state index contributed by atoms with van der Waals surface area (Å²) in [6.45, 7) is 1.99. The topological polar surface area (TPSA) is 67.1 Å². The molecule has 0 unspecified atom stereocenters. The second-order valence-corrected chi connectivity index (χ2v) is 7.56. The Hall–Kier alpha value is -1.55. The third kappa shape index (κ3) is 4.35. The molecule has 0 spiro atoms. The van der Waals surface area contributed by atoms with Gasteiger partial charge in [-0.05, 0) is 69.6 Å². The van der Waals surface area contributed by atoms with E-state index in [1.54, 1.807) is 19.2 Å². The fraction of sp³-hybridized carbons (Fsp3) is 0.294. The van der Waals surface area contributed by atoms with E-state index < -0.39 is 0 Å². The van der Waals surface area contributed by atoms with Crippen molar-refractivity contribution in [2.45, 2.75) is 12.8 Å². The first-order chi connectivity index (χ1) is 12.1. The first kappa shape index (κ1) is 18.2. The Morgan fingerprint density at radius 3 is 2.88 bits per heavy atom. The minimum absolute atomic E-state index is 0.309. The number of rotatable bonds is 5. The van der Waals surface area contributed by atoms with Gasteiger partial charge >= 0.3 is 0 Å². The van der Waals surface area contributed by atoms with E-state index in [0.717, 1.165) is 27.0 Å². The fourth-order valence-corrected chi connectivity index (χ4v) is 3.71. The predicted molar refractivity (Wildman–Crippen MR) is 109 cm³/mol. The molecule has 8 heteroatoms. The molecule has 1 aliphatic heterocycles. The quantitative estimate of drug-likeness (QED) is 0.369. The lowest BCUT2D eigenvalue weighted by atomic mass is 10.2. The normalized spacial score (nSPS) is 14.3. The number of carbonyl (C=O) groups is 1. The van der Waals surface area contributed by atoms with Crippen molar-refractivity contribution in [1.29, 1.82) is 0 Å². The number of carbonyl (C=O) groups excluding carboxylic acids is 1. The number of hydrazone groups is 1. The minimum atomic E-state index is -0.309. The summed E-state index contributed by atoms with van der Waals surface area (Å²) in [5, 5.41) is 3.98. The molecule has 0 aliphatic carbocycles. The summed E-state index contributed by atoms with van der Waals surface area (Å²) >= 11 is 5.66. The van der Waals surface area contributed by atoms with E-state index in [-0.39, 0.29) is 5.91 Å². The van der Waals surface area contributed by atoms with Gasteiger partial charge < -0.3 is 14.1 Å². The van der Waals surface area contributed by atoms with E-state index in [0.29, 0.717) is 17.1 Å². The minimum Gasteiger partial charge on any atom is -0.496 e. The van der Waals surface area contributed by atoms with Crippen molar-refractivity contribution in [3.8, 4) is 5.75 Å². The summed E-state index contributed by atoms with van der Waals surface area (Å²) in [5.74, 6) is 1.74. The zero-order chi connectivity index (χ0) is 17.8. The number of nitrogens with zero attached hydrogens (tertiary/aromatic N) is 2. The Labute approximate surface area is 167 Å². The molecule has 2 aromatic rings. The van der Waals surface area contributed by atoms with Gasteiger partial charge in [0.15, 0.2) is 5.76 Å². The highest BCUT2D eigenvalue weighted by molar-refractivity contribution is 14.1. The maximum absolute atomic E-state index is 12.2. The summed E-state index contributed by atoms with van der Waals surface area (Å²) in [7, 11) is 1.57. The molecule has 1 amide bonds. The number of amides is 1. The first-order valence-corrected chi connectivity index (χ1v) is 9.67. The van der Waals surface area contributed by atoms with Gasteiger partial charge in [-0.25, -0.2) is 5.43 Å². The highest BCUT2D eigenvalue weighted by Gasteiger charge is 2.19. The van der Waals surface area contributed by atoms with Crippen LogP contribution >= 0.6 is 38.5 Å². The van der Waals surface area contributed by atoms with Gasteiger partial charge in [0.05, 0.1) is 21.4 Å². The smallest absolute Gasteiger partial charge is 0.271 e. The average molecular weight is 518 g/mol. The standard InChI is InChI=1S/C17H17BrIN3O3/c1-24-15-8-11(4-5-14(15)19)16(23)21-20-10-12-9-13(18)17(25-12)22-6-2-3-7-22/h4-5,8-10H,2-3,6-7H2,1H3,(H,21,23)/b20-10+. The molecule has 0 radical (unpaired) electrons. The van der Waals surface area contributed by atoms with Gasteiger partial charge in [0, 0.05) is 24.7 Å². The molecule has 1 aromatic carbocycles. The van der Waals surface area contributed by atoms with Gasteiger partial charge in [0.2, 0.25) is 5.88 Å². The summed E-state index contributed by atoms with van der Waals surface area (Å²) < 4.78 is 12.9. The van der Waals surface area contributed by atoms with Crippen molar-refractivity contribution >= 4 is 56.5 Å². The molecule has 6 nitrogen and oxygen atoms in total. The number of ether oxygens (including phenoxy) is 1. The average Bonchev–Trinajstić information content (AvgIpc) is 3.24. The van der Waals surface area contributed by atoms with Crippen LogP contribution in [-0.4, -0.2) is 32.3 Å². The number of furan rings is 1. The second-order valence-electron chi connectivity index (χ2n) is 5.54. The molecule has 1 aliphatic rings. The molecule has 1 N–H and O–H groups in total. The van der Waals surface area contributed by atoms with E-state index in [1.165, 1.54) is 19.1 Å². The summed E-state index contributed by atoms with van der Waals surface area (Å²) in [6, 6.07) is 7.08. The Balaban J connectivity index is 1.65. The van der Waals surface area contributed by atoms with Crippen LogP contribution in [0.2, 0.25) is 0 Å². The van der Waals surface area contributed by atoms with Crippen LogP contribution in [0.25, 0.3) is 0 Å². The van der Waals surface area contributed by atoms with Crippen LogP contribution in [0.4, 0.5) is 5.88 Å². The van der Waals surface area contributed by atoms with Crippen LogP contribution in [0.3, 0.4) is 0 Å². The van der Waals surface area contributed by atoms with Gasteiger partial charge in [0.1, 0.15) is 5.75 Å². The van der Waals surface area contributed by atoms with E-state index in [2.05, 4.69) is 53.9 Å². The Kier molecular flexibility index (Phi) is 6.00. The lowest BCUT2D eigenvalue weighted by Gasteiger charge is -2.13. The van der Waals surface area contributed by atoms with Gasteiger partial charge in [-0.1, -0.05) is 0 Å². The van der Waals surface area contributed by atoms with Gasteiger partial charge in [-0.15, -0.1) is 0 Å². The maximum atomic E-state index is 12.2. The van der Waals surface area contributed by atoms with Crippen molar-refractivity contribution in [2.75, 3.05) is 25.1 Å². The second kappa shape index (κ2) is 8.22. The van der Waals surface area contributed by atoms with Crippen LogP contribution < -0.4 is 15.1 Å². The molecule has 0 saturated carbocycles. The maximum Gasteiger partial charge on any atom is 0.271 e. The highest BCUT2D eigenvalue weighted by atomic mass is 127. The molecule has 0 bridgehead atoms. The number of anilines is 1. The number of methoxy groups -OCH3 is 1. The number of hydrogen-bond acceptors (Lipinski definition) is 5. The summed E-state index contributed by atoms with van der Waals surface area (Å²) in [5.41, 5.74) is 2.98. The largest absolute Gasteiger partial charge is 0.496 e. The molecule has 25 heavy (non-hydrogen) atoms. The third-order valence-electron chi connectivity index (χ3n) is 3.85. The van der Waals surface area contributed by atoms with E-state index in [1.807, 2.05) is 12.1 Å². The third-order valence-corrected chi connectivity index (χ3v) is 5.31. The van der Waals surface area contributed by atoms with Crippen molar-refractivity contribution in [2.24, 2.45) is 5.10 Å².